The van der Waals surface area contributed by atoms with Crippen molar-refractivity contribution in [2.24, 2.45) is 0 Å². The minimum absolute atomic E-state index is 0.0609. The van der Waals surface area contributed by atoms with Crippen LogP contribution >= 0.6 is 0 Å². The Morgan fingerprint density at radius 3 is 2.56 bits per heavy atom. The molecule has 2 rings (SSSR count). The van der Waals surface area contributed by atoms with E-state index in [2.05, 4.69) is 49.6 Å². The van der Waals surface area contributed by atoms with E-state index in [9.17, 15) is 0 Å². The second kappa shape index (κ2) is 4.81. The topological polar surface area (TPSA) is 12.2 Å². The lowest BCUT2D eigenvalue weighted by molar-refractivity contribution is -0.425. The molecule has 2 nitrogen and oxygen atoms in total. The molecule has 0 fully saturated rings. The average Bonchev–Trinajstić information content (AvgIpc) is 2.54. The summed E-state index contributed by atoms with van der Waals surface area (Å²) in [5, 5.41) is 0. The Morgan fingerprint density at radius 2 is 1.83 bits per heavy atom. The van der Waals surface area contributed by atoms with Crippen LogP contribution in [0.3, 0.4) is 0 Å². The van der Waals surface area contributed by atoms with Gasteiger partial charge in [-0.3, -0.25) is 0 Å². The third-order valence-corrected chi connectivity index (χ3v) is 3.51. The van der Waals surface area contributed by atoms with Crippen molar-refractivity contribution in [2.45, 2.75) is 26.2 Å². The van der Waals surface area contributed by atoms with Crippen LogP contribution in [0.2, 0.25) is 0 Å². The monoisotopic (exact) mass is 242 g/mol. The molecule has 1 aliphatic heterocycles. The maximum absolute atomic E-state index is 5.23. The van der Waals surface area contributed by atoms with Crippen LogP contribution in [0.5, 0.6) is 0 Å². The number of allylic oxidation sites excluding steroid dienone is 1. The van der Waals surface area contributed by atoms with E-state index in [0.717, 1.165) is 0 Å². The summed E-state index contributed by atoms with van der Waals surface area (Å²) in [4.78, 5) is 0. The van der Waals surface area contributed by atoms with Crippen molar-refractivity contribution in [2.75, 3.05) is 7.05 Å². The smallest absolute Gasteiger partial charge is 0.204 e. The molecule has 18 heavy (non-hydrogen) atoms. The van der Waals surface area contributed by atoms with Crippen molar-refractivity contribution in [3.63, 3.8) is 0 Å². The number of ether oxygens (including phenoxy) is 1. The quantitative estimate of drug-likeness (QED) is 0.724. The molecule has 1 aromatic rings. The highest BCUT2D eigenvalue weighted by Gasteiger charge is 2.33. The van der Waals surface area contributed by atoms with Gasteiger partial charge < -0.3 is 4.74 Å². The van der Waals surface area contributed by atoms with E-state index >= 15 is 0 Å². The Balaban J connectivity index is 2.55. The van der Waals surface area contributed by atoms with E-state index in [0.29, 0.717) is 0 Å². The molecule has 1 heterocycles. The number of benzene rings is 1. The number of nitrogens with zero attached hydrogens (tertiary/aromatic N) is 1. The predicted octanol–water partition coefficient (Wildman–Crippen LogP) is 3.37. The van der Waals surface area contributed by atoms with Gasteiger partial charge in [-0.2, -0.15) is 0 Å². The molecule has 0 spiro atoms. The second-order valence-electron chi connectivity index (χ2n) is 5.16. The summed E-state index contributed by atoms with van der Waals surface area (Å²) in [5.74, 6) is 0. The molecule has 1 aliphatic rings. The minimum atomic E-state index is -0.0609. The first-order valence-electron chi connectivity index (χ1n) is 6.18. The van der Waals surface area contributed by atoms with Crippen LogP contribution in [-0.4, -0.2) is 17.3 Å². The third-order valence-electron chi connectivity index (χ3n) is 3.51. The summed E-state index contributed by atoms with van der Waals surface area (Å²) in [7, 11) is 2.05. The van der Waals surface area contributed by atoms with Crippen LogP contribution in [0.1, 0.15) is 25.0 Å². The molecular weight excluding hydrogens is 222 g/mol. The molecule has 0 aliphatic carbocycles. The van der Waals surface area contributed by atoms with Gasteiger partial charge in [0, 0.05) is 6.08 Å². The molecular formula is C16H20NO+. The zero-order valence-electron chi connectivity index (χ0n) is 11.5. The van der Waals surface area contributed by atoms with Crippen molar-refractivity contribution < 1.29 is 9.31 Å². The minimum Gasteiger partial charge on any atom is -0.466 e. The lowest BCUT2D eigenvalue weighted by Crippen LogP contribution is -2.33. The van der Waals surface area contributed by atoms with E-state index in [1.165, 1.54) is 16.8 Å². The first-order chi connectivity index (χ1) is 8.53. The zero-order valence-corrected chi connectivity index (χ0v) is 11.5. The SMILES string of the molecule is Cc1ccccc1C(C)(C)C1=[N+](C)C=COC=C1. The van der Waals surface area contributed by atoms with Crippen molar-refractivity contribution in [3.8, 4) is 0 Å². The van der Waals surface area contributed by atoms with E-state index in [4.69, 9.17) is 4.74 Å². The average molecular weight is 242 g/mol. The summed E-state index contributed by atoms with van der Waals surface area (Å²) in [6.07, 6.45) is 7.40. The summed E-state index contributed by atoms with van der Waals surface area (Å²) in [6.45, 7) is 6.64. The number of hydrogen-bond acceptors (Lipinski definition) is 1. The highest BCUT2D eigenvalue weighted by molar-refractivity contribution is 5.99. The molecule has 0 N–H and O–H groups in total. The fraction of sp³-hybridized carbons (Fsp3) is 0.312. The second-order valence-corrected chi connectivity index (χ2v) is 5.16. The molecule has 0 aromatic heterocycles. The zero-order chi connectivity index (χ0) is 13.2. The van der Waals surface area contributed by atoms with Crippen LogP contribution in [-0.2, 0) is 10.2 Å². The van der Waals surface area contributed by atoms with Crippen LogP contribution in [0.25, 0.3) is 0 Å². The summed E-state index contributed by atoms with van der Waals surface area (Å²) >= 11 is 0. The predicted molar refractivity (Wildman–Crippen MR) is 74.8 cm³/mol. The largest absolute Gasteiger partial charge is 0.466 e. The van der Waals surface area contributed by atoms with Gasteiger partial charge in [0.2, 0.25) is 6.20 Å². The normalized spacial score (nSPS) is 15.6. The molecule has 2 heteroatoms. The van der Waals surface area contributed by atoms with E-state index in [-0.39, 0.29) is 5.41 Å². The summed E-state index contributed by atoms with van der Waals surface area (Å²) < 4.78 is 7.34. The molecule has 0 atom stereocenters. The van der Waals surface area contributed by atoms with Gasteiger partial charge in [-0.25, -0.2) is 4.58 Å². The molecule has 0 radical (unpaired) electrons. The van der Waals surface area contributed by atoms with Crippen LogP contribution in [0, 0.1) is 6.92 Å². The Labute approximate surface area is 109 Å². The van der Waals surface area contributed by atoms with Crippen LogP contribution < -0.4 is 0 Å². The first-order valence-corrected chi connectivity index (χ1v) is 6.18. The van der Waals surface area contributed by atoms with Gasteiger partial charge >= 0.3 is 0 Å². The summed E-state index contributed by atoms with van der Waals surface area (Å²) in [5.41, 5.74) is 3.80. The maximum Gasteiger partial charge on any atom is 0.204 e. The van der Waals surface area contributed by atoms with Gasteiger partial charge in [0.25, 0.3) is 0 Å². The highest BCUT2D eigenvalue weighted by atomic mass is 16.5. The lowest BCUT2D eigenvalue weighted by atomic mass is 9.77. The number of rotatable bonds is 2. The Hall–Kier alpha value is -1.83. The first kappa shape index (κ1) is 12.6. The van der Waals surface area contributed by atoms with Crippen LogP contribution in [0.15, 0.2) is 49.1 Å². The maximum atomic E-state index is 5.23. The van der Waals surface area contributed by atoms with Gasteiger partial charge in [0.05, 0.1) is 11.7 Å². The Morgan fingerprint density at radius 1 is 1.11 bits per heavy atom. The standard InChI is InChI=1S/C16H20NO/c1-13-7-5-6-8-14(13)16(2,3)15-9-11-18-12-10-17(15)4/h5-12H,1-4H3/q+1. The van der Waals surface area contributed by atoms with Crippen molar-refractivity contribution in [1.82, 2.24) is 0 Å². The molecule has 0 saturated heterocycles. The Kier molecular flexibility index (Phi) is 3.37. The van der Waals surface area contributed by atoms with Gasteiger partial charge in [-0.15, -0.1) is 0 Å². The Bertz CT molecular complexity index is 536. The van der Waals surface area contributed by atoms with Crippen LogP contribution in [0.4, 0.5) is 0 Å². The summed E-state index contributed by atoms with van der Waals surface area (Å²) in [6, 6.07) is 8.52. The molecule has 0 amide bonds. The molecule has 0 unspecified atom stereocenters. The fourth-order valence-corrected chi connectivity index (χ4v) is 2.53. The van der Waals surface area contributed by atoms with Crippen molar-refractivity contribution >= 4 is 5.71 Å². The fourth-order valence-electron chi connectivity index (χ4n) is 2.53. The molecule has 0 saturated carbocycles. The van der Waals surface area contributed by atoms with Crippen molar-refractivity contribution in [3.05, 3.63) is 60.2 Å². The molecule has 0 bridgehead atoms. The number of aryl methyl sites for hydroxylation is 1. The molecule has 1 aromatic carbocycles. The van der Waals surface area contributed by atoms with Gasteiger partial charge in [-0.05, 0) is 31.9 Å². The van der Waals surface area contributed by atoms with Gasteiger partial charge in [-0.1, -0.05) is 24.3 Å². The van der Waals surface area contributed by atoms with Gasteiger partial charge in [0.1, 0.15) is 7.05 Å². The lowest BCUT2D eigenvalue weighted by Gasteiger charge is -2.24. The third kappa shape index (κ3) is 2.23. The van der Waals surface area contributed by atoms with Crippen molar-refractivity contribution in [1.29, 1.82) is 0 Å². The molecule has 94 valence electrons. The van der Waals surface area contributed by atoms with E-state index in [1.807, 2.05) is 19.3 Å². The number of hydrogen-bond donors (Lipinski definition) is 0. The van der Waals surface area contributed by atoms with E-state index in [1.54, 1.807) is 12.5 Å². The van der Waals surface area contributed by atoms with Gasteiger partial charge in [0.15, 0.2) is 12.0 Å². The van der Waals surface area contributed by atoms with E-state index < -0.39 is 0 Å². The highest BCUT2D eigenvalue weighted by Crippen LogP contribution is 2.28.